The van der Waals surface area contributed by atoms with Crippen LogP contribution in [0.2, 0.25) is 5.02 Å². The number of anilines is 1. The molecule has 4 heteroatoms. The summed E-state index contributed by atoms with van der Waals surface area (Å²) in [4.78, 5) is 2.64. The zero-order chi connectivity index (χ0) is 14.0. The summed E-state index contributed by atoms with van der Waals surface area (Å²) < 4.78 is 0. The number of hydrogen-bond donors (Lipinski definition) is 1. The van der Waals surface area contributed by atoms with Crippen LogP contribution in [-0.2, 0) is 0 Å². The van der Waals surface area contributed by atoms with Gasteiger partial charge in [-0.3, -0.25) is 0 Å². The molecule has 0 amide bonds. The Hall–Kier alpha value is -1.50. The molecule has 0 saturated heterocycles. The van der Waals surface area contributed by atoms with E-state index in [1.165, 1.54) is 15.3 Å². The number of nitriles is 1. The Labute approximate surface area is 122 Å². The number of hydrogen-bond acceptors (Lipinski definition) is 3. The molecule has 2 aromatic rings. The van der Waals surface area contributed by atoms with E-state index in [2.05, 4.69) is 38.2 Å². The van der Waals surface area contributed by atoms with Crippen LogP contribution in [0.1, 0.15) is 33.8 Å². The van der Waals surface area contributed by atoms with Gasteiger partial charge < -0.3 is 5.32 Å². The first-order valence-electron chi connectivity index (χ1n) is 6.04. The van der Waals surface area contributed by atoms with Crippen molar-refractivity contribution in [3.05, 3.63) is 50.2 Å². The molecule has 0 aliphatic carbocycles. The number of nitrogens with zero attached hydrogens (tertiary/aromatic N) is 1. The van der Waals surface area contributed by atoms with Crippen LogP contribution in [0.3, 0.4) is 0 Å². The molecule has 1 aromatic heterocycles. The molecule has 98 valence electrons. The summed E-state index contributed by atoms with van der Waals surface area (Å²) in [6.45, 7) is 6.37. The average molecular weight is 291 g/mol. The van der Waals surface area contributed by atoms with Gasteiger partial charge in [0.2, 0.25) is 0 Å². The van der Waals surface area contributed by atoms with E-state index in [1.54, 1.807) is 23.5 Å². The predicted octanol–water partition coefficient (Wildman–Crippen LogP) is 5.06. The lowest BCUT2D eigenvalue weighted by atomic mass is 10.1. The summed E-state index contributed by atoms with van der Waals surface area (Å²) in [5.74, 6) is 0. The third kappa shape index (κ3) is 3.09. The van der Waals surface area contributed by atoms with Crippen LogP contribution in [0.25, 0.3) is 0 Å². The Kier molecular flexibility index (Phi) is 4.14. The summed E-state index contributed by atoms with van der Waals surface area (Å²) in [5.41, 5.74) is 2.71. The first-order chi connectivity index (χ1) is 9.01. The van der Waals surface area contributed by atoms with Gasteiger partial charge in [-0.1, -0.05) is 11.6 Å². The molecular weight excluding hydrogens is 276 g/mol. The molecule has 0 bridgehead atoms. The molecule has 19 heavy (non-hydrogen) atoms. The highest BCUT2D eigenvalue weighted by Gasteiger charge is 2.11. The molecule has 1 heterocycles. The van der Waals surface area contributed by atoms with E-state index in [1.807, 2.05) is 6.07 Å². The van der Waals surface area contributed by atoms with Crippen molar-refractivity contribution in [3.63, 3.8) is 0 Å². The fraction of sp³-hybridized carbons (Fsp3) is 0.267. The molecule has 0 fully saturated rings. The maximum atomic E-state index is 8.98. The third-order valence-electron chi connectivity index (χ3n) is 3.02. The standard InChI is InChI=1S/C15H15ClN2S/c1-9-6-14(11(3)19-9)10(2)18-13-4-5-15(16)12(7-13)8-17/h4-7,10,18H,1-3H3. The molecule has 0 aliphatic rings. The number of thiophene rings is 1. The van der Waals surface area contributed by atoms with Crippen LogP contribution in [-0.4, -0.2) is 0 Å². The minimum atomic E-state index is 0.206. The largest absolute Gasteiger partial charge is 0.378 e. The van der Waals surface area contributed by atoms with Gasteiger partial charge in [-0.2, -0.15) is 5.26 Å². The van der Waals surface area contributed by atoms with Crippen molar-refractivity contribution in [2.24, 2.45) is 0 Å². The smallest absolute Gasteiger partial charge is 0.101 e. The first kappa shape index (κ1) is 13.9. The van der Waals surface area contributed by atoms with Crippen LogP contribution in [0.5, 0.6) is 0 Å². The topological polar surface area (TPSA) is 35.8 Å². The second-order valence-corrected chi connectivity index (χ2v) is 6.41. The van der Waals surface area contributed by atoms with Crippen LogP contribution in [0.15, 0.2) is 24.3 Å². The van der Waals surface area contributed by atoms with Crippen molar-refractivity contribution in [1.82, 2.24) is 0 Å². The van der Waals surface area contributed by atoms with Gasteiger partial charge in [-0.25, -0.2) is 0 Å². The summed E-state index contributed by atoms with van der Waals surface area (Å²) >= 11 is 7.73. The first-order valence-corrected chi connectivity index (χ1v) is 7.24. The molecule has 2 nitrogen and oxygen atoms in total. The fourth-order valence-corrected chi connectivity index (χ4v) is 3.29. The minimum Gasteiger partial charge on any atom is -0.378 e. The van der Waals surface area contributed by atoms with Crippen molar-refractivity contribution in [3.8, 4) is 6.07 Å². The van der Waals surface area contributed by atoms with Crippen molar-refractivity contribution < 1.29 is 0 Å². The number of aryl methyl sites for hydroxylation is 2. The van der Waals surface area contributed by atoms with E-state index in [0.717, 1.165) is 5.69 Å². The Morgan fingerprint density at radius 2 is 2.05 bits per heavy atom. The highest BCUT2D eigenvalue weighted by molar-refractivity contribution is 7.12. The van der Waals surface area contributed by atoms with Crippen molar-refractivity contribution in [2.75, 3.05) is 5.32 Å². The van der Waals surface area contributed by atoms with E-state index in [4.69, 9.17) is 16.9 Å². The Morgan fingerprint density at radius 3 is 2.63 bits per heavy atom. The van der Waals surface area contributed by atoms with Gasteiger partial charge in [0.1, 0.15) is 6.07 Å². The maximum Gasteiger partial charge on any atom is 0.101 e. The number of nitrogens with one attached hydrogen (secondary N) is 1. The summed E-state index contributed by atoms with van der Waals surface area (Å²) in [6.07, 6.45) is 0. The normalized spacial score (nSPS) is 11.9. The second-order valence-electron chi connectivity index (χ2n) is 4.54. The summed E-state index contributed by atoms with van der Waals surface area (Å²) in [5, 5.41) is 12.9. The van der Waals surface area contributed by atoms with Crippen LogP contribution in [0, 0.1) is 25.2 Å². The summed E-state index contributed by atoms with van der Waals surface area (Å²) in [7, 11) is 0. The molecule has 1 aromatic carbocycles. The van der Waals surface area contributed by atoms with E-state index < -0.39 is 0 Å². The van der Waals surface area contributed by atoms with E-state index >= 15 is 0 Å². The lowest BCUT2D eigenvalue weighted by Crippen LogP contribution is -2.06. The van der Waals surface area contributed by atoms with Gasteiger partial charge in [-0.15, -0.1) is 11.3 Å². The molecule has 2 rings (SSSR count). The molecular formula is C15H15ClN2S. The predicted molar refractivity (Wildman–Crippen MR) is 82.0 cm³/mol. The van der Waals surface area contributed by atoms with Gasteiger partial charge in [0.15, 0.2) is 0 Å². The van der Waals surface area contributed by atoms with E-state index in [-0.39, 0.29) is 6.04 Å². The van der Waals surface area contributed by atoms with Crippen LogP contribution < -0.4 is 5.32 Å². The van der Waals surface area contributed by atoms with Gasteiger partial charge in [-0.05, 0) is 50.6 Å². The third-order valence-corrected chi connectivity index (χ3v) is 4.33. The fourth-order valence-electron chi connectivity index (χ4n) is 2.11. The Morgan fingerprint density at radius 1 is 1.32 bits per heavy atom. The average Bonchev–Trinajstić information content (AvgIpc) is 2.71. The Balaban J connectivity index is 2.22. The lowest BCUT2D eigenvalue weighted by Gasteiger charge is -2.15. The zero-order valence-corrected chi connectivity index (χ0v) is 12.7. The highest BCUT2D eigenvalue weighted by atomic mass is 35.5. The SMILES string of the molecule is Cc1cc(C(C)Nc2ccc(Cl)c(C#N)c2)c(C)s1. The van der Waals surface area contributed by atoms with Crippen molar-refractivity contribution in [2.45, 2.75) is 26.8 Å². The van der Waals surface area contributed by atoms with Crippen molar-refractivity contribution >= 4 is 28.6 Å². The molecule has 1 unspecified atom stereocenters. The van der Waals surface area contributed by atoms with Gasteiger partial charge in [0.05, 0.1) is 10.6 Å². The number of benzene rings is 1. The van der Waals surface area contributed by atoms with E-state index in [0.29, 0.717) is 10.6 Å². The molecule has 0 radical (unpaired) electrons. The molecule has 1 N–H and O–H groups in total. The molecule has 1 atom stereocenters. The zero-order valence-electron chi connectivity index (χ0n) is 11.1. The molecule has 0 spiro atoms. The maximum absolute atomic E-state index is 8.98. The quantitative estimate of drug-likeness (QED) is 0.857. The monoisotopic (exact) mass is 290 g/mol. The number of halogens is 1. The van der Waals surface area contributed by atoms with Gasteiger partial charge in [0, 0.05) is 21.5 Å². The Bertz CT molecular complexity index is 640. The lowest BCUT2D eigenvalue weighted by molar-refractivity contribution is 0.881. The highest BCUT2D eigenvalue weighted by Crippen LogP contribution is 2.29. The molecule has 0 saturated carbocycles. The van der Waals surface area contributed by atoms with Crippen LogP contribution in [0.4, 0.5) is 5.69 Å². The van der Waals surface area contributed by atoms with E-state index in [9.17, 15) is 0 Å². The van der Waals surface area contributed by atoms with Gasteiger partial charge >= 0.3 is 0 Å². The minimum absolute atomic E-state index is 0.206. The molecule has 0 aliphatic heterocycles. The number of rotatable bonds is 3. The van der Waals surface area contributed by atoms with Crippen molar-refractivity contribution in [1.29, 1.82) is 5.26 Å². The summed E-state index contributed by atoms with van der Waals surface area (Å²) in [6, 6.07) is 9.94. The van der Waals surface area contributed by atoms with Crippen LogP contribution >= 0.6 is 22.9 Å². The van der Waals surface area contributed by atoms with Gasteiger partial charge in [0.25, 0.3) is 0 Å². The second kappa shape index (κ2) is 5.64.